The predicted octanol–water partition coefficient (Wildman–Crippen LogP) is 0.957. The van der Waals surface area contributed by atoms with E-state index in [4.69, 9.17) is 10.8 Å². The highest BCUT2D eigenvalue weighted by Gasteiger charge is 2.44. The molecule has 1 spiro atoms. The number of nitrogens with two attached hydrogens (primary N) is 1. The second kappa shape index (κ2) is 3.25. The number of rotatable bonds is 1. The molecule has 15 heavy (non-hydrogen) atoms. The molecule has 0 aromatic rings. The fraction of sp³-hybridized carbons (Fsp3) is 0.600. The molecular formula is C10H14N2O3. The zero-order chi connectivity index (χ0) is 11.1. The van der Waals surface area contributed by atoms with Crippen molar-refractivity contribution in [3.63, 3.8) is 0 Å². The predicted molar refractivity (Wildman–Crippen MR) is 54.7 cm³/mol. The summed E-state index contributed by atoms with van der Waals surface area (Å²) in [5, 5.41) is 18.8. The van der Waals surface area contributed by atoms with Crippen molar-refractivity contribution in [2.75, 3.05) is 0 Å². The van der Waals surface area contributed by atoms with Crippen molar-refractivity contribution in [1.82, 2.24) is 0 Å². The molecule has 5 nitrogen and oxygen atoms in total. The average Bonchev–Trinajstić information content (AvgIpc) is 2.40. The highest BCUT2D eigenvalue weighted by atomic mass is 16.4. The van der Waals surface area contributed by atoms with Crippen LogP contribution in [-0.2, 0) is 4.79 Å². The number of hydrogen-bond acceptors (Lipinski definition) is 4. The Hall–Kier alpha value is -1.52. The van der Waals surface area contributed by atoms with E-state index < -0.39 is 11.5 Å². The summed E-state index contributed by atoms with van der Waals surface area (Å²) in [6.45, 7) is 0. The monoisotopic (exact) mass is 210 g/mol. The quantitative estimate of drug-likeness (QED) is 0.600. The molecule has 0 saturated heterocycles. The van der Waals surface area contributed by atoms with Crippen molar-refractivity contribution < 1.29 is 15.0 Å². The number of aliphatic hydroxyl groups excluding tert-OH is 1. The van der Waals surface area contributed by atoms with Gasteiger partial charge in [-0.15, -0.1) is 0 Å². The van der Waals surface area contributed by atoms with Crippen LogP contribution in [0.4, 0.5) is 0 Å². The largest absolute Gasteiger partial charge is 0.509 e. The third kappa shape index (κ3) is 1.38. The van der Waals surface area contributed by atoms with E-state index in [0.29, 0.717) is 12.8 Å². The Kier molecular flexibility index (Phi) is 2.17. The number of carboxylic acids is 1. The summed E-state index contributed by atoms with van der Waals surface area (Å²) in [4.78, 5) is 15.0. The van der Waals surface area contributed by atoms with E-state index in [2.05, 4.69) is 4.99 Å². The van der Waals surface area contributed by atoms with Gasteiger partial charge in [0, 0.05) is 0 Å². The molecule has 1 fully saturated rings. The van der Waals surface area contributed by atoms with Gasteiger partial charge >= 0.3 is 5.97 Å². The van der Waals surface area contributed by atoms with Gasteiger partial charge in [0.2, 0.25) is 0 Å². The molecular weight excluding hydrogens is 196 g/mol. The topological polar surface area (TPSA) is 95.9 Å². The lowest BCUT2D eigenvalue weighted by molar-refractivity contribution is -0.132. The summed E-state index contributed by atoms with van der Waals surface area (Å²) >= 11 is 0. The van der Waals surface area contributed by atoms with Gasteiger partial charge in [0.25, 0.3) is 0 Å². The van der Waals surface area contributed by atoms with E-state index in [-0.39, 0.29) is 17.2 Å². The maximum atomic E-state index is 10.9. The number of amidine groups is 1. The number of aliphatic hydroxyl groups is 1. The van der Waals surface area contributed by atoms with Crippen molar-refractivity contribution in [1.29, 1.82) is 0 Å². The minimum Gasteiger partial charge on any atom is -0.509 e. The van der Waals surface area contributed by atoms with Crippen LogP contribution in [0.15, 0.2) is 16.3 Å². The van der Waals surface area contributed by atoms with Crippen molar-refractivity contribution in [3.05, 3.63) is 11.3 Å². The summed E-state index contributed by atoms with van der Waals surface area (Å²) < 4.78 is 0. The van der Waals surface area contributed by atoms with Crippen molar-refractivity contribution in [2.24, 2.45) is 10.7 Å². The van der Waals surface area contributed by atoms with Crippen LogP contribution < -0.4 is 5.73 Å². The van der Waals surface area contributed by atoms with Crippen LogP contribution in [0.3, 0.4) is 0 Å². The Labute approximate surface area is 87.3 Å². The molecule has 1 aliphatic carbocycles. The summed E-state index contributed by atoms with van der Waals surface area (Å²) in [6, 6.07) is 0. The molecule has 1 saturated carbocycles. The van der Waals surface area contributed by atoms with E-state index in [0.717, 1.165) is 19.3 Å². The Morgan fingerprint density at radius 2 is 1.93 bits per heavy atom. The van der Waals surface area contributed by atoms with Gasteiger partial charge in [0.15, 0.2) is 0 Å². The number of nitrogens with zero attached hydrogens (tertiary/aromatic N) is 1. The van der Waals surface area contributed by atoms with Gasteiger partial charge in [0.05, 0.1) is 0 Å². The second-order valence-corrected chi connectivity index (χ2v) is 4.12. The van der Waals surface area contributed by atoms with Gasteiger partial charge in [-0.3, -0.25) is 4.99 Å². The maximum absolute atomic E-state index is 10.9. The number of aliphatic imine (C=N–C) groups is 1. The fourth-order valence-electron chi connectivity index (χ4n) is 2.39. The van der Waals surface area contributed by atoms with E-state index in [9.17, 15) is 9.90 Å². The van der Waals surface area contributed by atoms with Crippen LogP contribution in [0.25, 0.3) is 0 Å². The summed E-state index contributed by atoms with van der Waals surface area (Å²) in [5.74, 6) is -1.38. The highest BCUT2D eigenvalue weighted by Crippen LogP contribution is 2.41. The third-order valence-corrected chi connectivity index (χ3v) is 3.16. The molecule has 0 aromatic carbocycles. The molecule has 82 valence electrons. The normalized spacial score (nSPS) is 24.4. The third-order valence-electron chi connectivity index (χ3n) is 3.16. The first kappa shape index (κ1) is 10.0. The van der Waals surface area contributed by atoms with Crippen LogP contribution in [0, 0.1) is 0 Å². The molecule has 2 aliphatic rings. The Morgan fingerprint density at radius 1 is 1.33 bits per heavy atom. The summed E-state index contributed by atoms with van der Waals surface area (Å²) in [5.41, 5.74) is 4.59. The zero-order valence-corrected chi connectivity index (χ0v) is 8.36. The molecule has 5 heteroatoms. The Bertz CT molecular complexity index is 365. The molecule has 0 atom stereocenters. The van der Waals surface area contributed by atoms with Gasteiger partial charge in [-0.25, -0.2) is 4.79 Å². The molecule has 0 bridgehead atoms. The van der Waals surface area contributed by atoms with Crippen molar-refractivity contribution in [3.8, 4) is 0 Å². The molecule has 1 heterocycles. The van der Waals surface area contributed by atoms with Crippen molar-refractivity contribution in [2.45, 2.75) is 37.6 Å². The fourth-order valence-corrected chi connectivity index (χ4v) is 2.39. The lowest BCUT2D eigenvalue weighted by Gasteiger charge is -2.30. The first-order valence-corrected chi connectivity index (χ1v) is 5.09. The van der Waals surface area contributed by atoms with Gasteiger partial charge in [-0.1, -0.05) is 19.3 Å². The molecule has 0 amide bonds. The zero-order valence-electron chi connectivity index (χ0n) is 8.36. The van der Waals surface area contributed by atoms with E-state index in [1.165, 1.54) is 0 Å². The number of hydrogen-bond donors (Lipinski definition) is 3. The van der Waals surface area contributed by atoms with Crippen LogP contribution in [0.2, 0.25) is 0 Å². The minimum absolute atomic E-state index is 0.0399. The number of carboxylic acid groups (broad SMARTS) is 1. The molecule has 0 radical (unpaired) electrons. The van der Waals surface area contributed by atoms with Gasteiger partial charge < -0.3 is 15.9 Å². The molecule has 0 unspecified atom stereocenters. The van der Waals surface area contributed by atoms with Crippen LogP contribution in [-0.4, -0.2) is 27.6 Å². The molecule has 1 aliphatic heterocycles. The molecule has 4 N–H and O–H groups in total. The Balaban J connectivity index is 2.41. The lowest BCUT2D eigenvalue weighted by Crippen LogP contribution is -2.30. The highest BCUT2D eigenvalue weighted by molar-refractivity contribution is 6.19. The smallest absolute Gasteiger partial charge is 0.343 e. The van der Waals surface area contributed by atoms with Gasteiger partial charge in [-0.05, 0) is 12.8 Å². The summed E-state index contributed by atoms with van der Waals surface area (Å²) in [6.07, 6.45) is 4.39. The van der Waals surface area contributed by atoms with E-state index >= 15 is 0 Å². The number of carbonyl (C=O) groups is 1. The summed E-state index contributed by atoms with van der Waals surface area (Å²) in [7, 11) is 0. The SMILES string of the molecule is NC1=NC2(CCCCC2)C(O)=C1C(=O)O. The molecule has 0 aromatic heterocycles. The second-order valence-electron chi connectivity index (χ2n) is 4.12. The van der Waals surface area contributed by atoms with E-state index in [1.54, 1.807) is 0 Å². The van der Waals surface area contributed by atoms with Crippen LogP contribution in [0.1, 0.15) is 32.1 Å². The number of aliphatic carboxylic acids is 1. The molecule has 2 rings (SSSR count). The standard InChI is InChI=1S/C10H14N2O3/c11-8-6(9(14)15)7(13)10(12-8)4-2-1-3-5-10/h13H,1-5H2,(H2,11,12)(H,14,15). The van der Waals surface area contributed by atoms with Gasteiger partial charge in [0.1, 0.15) is 22.7 Å². The maximum Gasteiger partial charge on any atom is 0.343 e. The van der Waals surface area contributed by atoms with Crippen LogP contribution in [0.5, 0.6) is 0 Å². The first-order chi connectivity index (χ1) is 7.07. The minimum atomic E-state index is -1.20. The van der Waals surface area contributed by atoms with E-state index in [1.807, 2.05) is 0 Å². The van der Waals surface area contributed by atoms with Crippen LogP contribution >= 0.6 is 0 Å². The first-order valence-electron chi connectivity index (χ1n) is 5.09. The average molecular weight is 210 g/mol. The van der Waals surface area contributed by atoms with Crippen molar-refractivity contribution >= 4 is 11.8 Å². The van der Waals surface area contributed by atoms with Gasteiger partial charge in [-0.2, -0.15) is 0 Å². The lowest BCUT2D eigenvalue weighted by atomic mass is 9.81. The Morgan fingerprint density at radius 3 is 2.40 bits per heavy atom.